The van der Waals surface area contributed by atoms with Crippen molar-refractivity contribution < 1.29 is 4.79 Å². The maximum absolute atomic E-state index is 13.8. The summed E-state index contributed by atoms with van der Waals surface area (Å²) in [6, 6.07) is 37.5. The Hall–Kier alpha value is -4.37. The molecular weight excluding hydrogens is 416 g/mol. The molecule has 2 atom stereocenters. The highest BCUT2D eigenvalue weighted by atomic mass is 16.2. The first-order valence-corrected chi connectivity index (χ1v) is 11.6. The maximum Gasteiger partial charge on any atom is 0.253 e. The minimum absolute atomic E-state index is 0.0723. The first-order chi connectivity index (χ1) is 16.8. The fourth-order valence-electron chi connectivity index (χ4n) is 5.59. The van der Waals surface area contributed by atoms with Gasteiger partial charge >= 0.3 is 0 Å². The second-order valence-corrected chi connectivity index (χ2v) is 8.96. The van der Waals surface area contributed by atoms with E-state index in [9.17, 15) is 4.79 Å². The van der Waals surface area contributed by atoms with Gasteiger partial charge in [0, 0.05) is 17.8 Å². The summed E-state index contributed by atoms with van der Waals surface area (Å²) in [6.07, 6.45) is 3.98. The first-order valence-electron chi connectivity index (χ1n) is 11.6. The number of aromatic nitrogens is 1. The van der Waals surface area contributed by atoms with Crippen LogP contribution in [0.4, 0.5) is 5.69 Å². The number of β-lactam (4-membered cyclic amide) rings is 1. The predicted molar refractivity (Wildman–Crippen MR) is 139 cm³/mol. The van der Waals surface area contributed by atoms with Crippen LogP contribution < -0.4 is 4.90 Å². The highest BCUT2D eigenvalue weighted by Gasteiger charge is 2.50. The smallest absolute Gasteiger partial charge is 0.253 e. The molecule has 0 bridgehead atoms. The normalized spacial score (nSPS) is 18.0. The van der Waals surface area contributed by atoms with Crippen molar-refractivity contribution in [3.8, 4) is 0 Å². The van der Waals surface area contributed by atoms with E-state index in [1.54, 1.807) is 0 Å². The van der Waals surface area contributed by atoms with Crippen molar-refractivity contribution >= 4 is 43.9 Å². The highest BCUT2D eigenvalue weighted by Crippen LogP contribution is 2.49. The quantitative estimate of drug-likeness (QED) is 0.211. The number of carbonyl (C=O) groups is 1. The van der Waals surface area contributed by atoms with Gasteiger partial charge in [-0.15, -0.1) is 0 Å². The Morgan fingerprint density at radius 3 is 1.97 bits per heavy atom. The van der Waals surface area contributed by atoms with Crippen LogP contribution in [0, 0.1) is 0 Å². The second-order valence-electron chi connectivity index (χ2n) is 8.96. The van der Waals surface area contributed by atoms with Crippen LogP contribution >= 0.6 is 0 Å². The molecule has 34 heavy (non-hydrogen) atoms. The van der Waals surface area contributed by atoms with E-state index in [1.165, 1.54) is 26.9 Å². The van der Waals surface area contributed by atoms with Crippen LogP contribution in [0.2, 0.25) is 0 Å². The molecule has 7 rings (SSSR count). The van der Waals surface area contributed by atoms with Crippen molar-refractivity contribution in [3.05, 3.63) is 127 Å². The molecule has 1 aliphatic rings. The molecule has 6 aromatic rings. The van der Waals surface area contributed by atoms with Crippen LogP contribution in [0.5, 0.6) is 0 Å². The molecular formula is C31H22N2O. The van der Waals surface area contributed by atoms with Crippen LogP contribution in [-0.2, 0) is 4.79 Å². The number of benzene rings is 5. The van der Waals surface area contributed by atoms with Gasteiger partial charge in [0.15, 0.2) is 0 Å². The van der Waals surface area contributed by atoms with Crippen LogP contribution in [0.1, 0.15) is 17.6 Å². The van der Waals surface area contributed by atoms with Crippen LogP contribution in [0.3, 0.4) is 0 Å². The topological polar surface area (TPSA) is 25.2 Å². The zero-order valence-corrected chi connectivity index (χ0v) is 18.5. The van der Waals surface area contributed by atoms with Gasteiger partial charge in [-0.2, -0.15) is 0 Å². The van der Waals surface area contributed by atoms with Crippen molar-refractivity contribution in [1.82, 2.24) is 4.57 Å². The zero-order chi connectivity index (χ0) is 22.6. The van der Waals surface area contributed by atoms with Gasteiger partial charge in [0.05, 0.1) is 11.7 Å². The van der Waals surface area contributed by atoms with Crippen molar-refractivity contribution in [1.29, 1.82) is 0 Å². The Morgan fingerprint density at radius 2 is 1.18 bits per heavy atom. The van der Waals surface area contributed by atoms with E-state index in [-0.39, 0.29) is 18.0 Å². The second kappa shape index (κ2) is 7.32. The summed E-state index contributed by atoms with van der Waals surface area (Å²) in [7, 11) is 0. The lowest BCUT2D eigenvalue weighted by Gasteiger charge is -2.48. The Balaban J connectivity index is 1.51. The van der Waals surface area contributed by atoms with Crippen molar-refractivity contribution in [3.63, 3.8) is 0 Å². The standard InChI is InChI=1S/C31H22N2O/c34-31-30(32-18-8-9-19-32)29(22-11-2-1-3-12-22)33(31)28-20-27-23-13-5-4-10-21(23)16-17-25(27)24-14-6-7-15-26(24)28/h1-20,29-30H/t29-,30-/m1/s1. The van der Waals surface area contributed by atoms with Gasteiger partial charge in [0.2, 0.25) is 0 Å². The molecule has 0 unspecified atom stereocenters. The monoisotopic (exact) mass is 438 g/mol. The number of carbonyl (C=O) groups excluding carboxylic acids is 1. The summed E-state index contributed by atoms with van der Waals surface area (Å²) in [5.41, 5.74) is 2.12. The SMILES string of the molecule is O=C1[C@H](n2cccc2)[C@@H](c2ccccc2)N1c1cc2c3ccccc3ccc2c2ccccc12. The summed E-state index contributed by atoms with van der Waals surface area (Å²) >= 11 is 0. The van der Waals surface area contributed by atoms with Gasteiger partial charge in [-0.25, -0.2) is 0 Å². The molecule has 5 aromatic carbocycles. The maximum atomic E-state index is 13.8. The summed E-state index contributed by atoms with van der Waals surface area (Å²) in [4.78, 5) is 15.8. The average molecular weight is 439 g/mol. The van der Waals surface area contributed by atoms with Gasteiger partial charge in [-0.3, -0.25) is 9.69 Å². The third-order valence-electron chi connectivity index (χ3n) is 7.16. The Bertz CT molecular complexity index is 1690. The van der Waals surface area contributed by atoms with Crippen molar-refractivity contribution in [2.24, 2.45) is 0 Å². The number of hydrogen-bond donors (Lipinski definition) is 0. The Kier molecular flexibility index (Phi) is 4.12. The molecule has 1 amide bonds. The number of anilines is 1. The summed E-state index contributed by atoms with van der Waals surface area (Å²) < 4.78 is 2.04. The van der Waals surface area contributed by atoms with E-state index in [0.717, 1.165) is 16.6 Å². The fraction of sp³-hybridized carbons (Fsp3) is 0.0645. The minimum Gasteiger partial charge on any atom is -0.340 e. The molecule has 3 heteroatoms. The summed E-state index contributed by atoms with van der Waals surface area (Å²) in [6.45, 7) is 0. The van der Waals surface area contributed by atoms with Gasteiger partial charge in [0.25, 0.3) is 5.91 Å². The molecule has 1 saturated heterocycles. The molecule has 162 valence electrons. The number of nitrogens with zero attached hydrogens (tertiary/aromatic N) is 2. The van der Waals surface area contributed by atoms with Crippen LogP contribution in [-0.4, -0.2) is 10.5 Å². The lowest BCUT2D eigenvalue weighted by Crippen LogP contribution is -2.55. The number of hydrogen-bond acceptors (Lipinski definition) is 1. The number of fused-ring (bicyclic) bond motifs is 5. The fourth-order valence-corrected chi connectivity index (χ4v) is 5.59. The van der Waals surface area contributed by atoms with Gasteiger partial charge in [0.1, 0.15) is 6.04 Å². The lowest BCUT2D eigenvalue weighted by molar-refractivity contribution is -0.129. The first kappa shape index (κ1) is 19.1. The largest absolute Gasteiger partial charge is 0.340 e. The van der Waals surface area contributed by atoms with E-state index < -0.39 is 0 Å². The van der Waals surface area contributed by atoms with Crippen LogP contribution in [0.15, 0.2) is 122 Å². The Labute approximate surface area is 197 Å². The molecule has 0 radical (unpaired) electrons. The van der Waals surface area contributed by atoms with Gasteiger partial charge in [-0.1, -0.05) is 91.0 Å². The minimum atomic E-state index is -0.251. The molecule has 1 aliphatic heterocycles. The zero-order valence-electron chi connectivity index (χ0n) is 18.5. The van der Waals surface area contributed by atoms with Crippen molar-refractivity contribution in [2.45, 2.75) is 12.1 Å². The molecule has 3 nitrogen and oxygen atoms in total. The Morgan fingerprint density at radius 1 is 0.529 bits per heavy atom. The molecule has 0 N–H and O–H groups in total. The number of amides is 1. The average Bonchev–Trinajstić information content (AvgIpc) is 3.41. The van der Waals surface area contributed by atoms with Gasteiger partial charge in [-0.05, 0) is 50.7 Å². The van der Waals surface area contributed by atoms with E-state index in [1.807, 2.05) is 40.1 Å². The third kappa shape index (κ3) is 2.67. The van der Waals surface area contributed by atoms with E-state index >= 15 is 0 Å². The third-order valence-corrected chi connectivity index (χ3v) is 7.16. The molecule has 2 heterocycles. The summed E-state index contributed by atoms with van der Waals surface area (Å²) in [5.74, 6) is 0.120. The molecule has 1 fully saturated rings. The van der Waals surface area contributed by atoms with Gasteiger partial charge < -0.3 is 4.57 Å². The molecule has 1 aromatic heterocycles. The van der Waals surface area contributed by atoms with Crippen molar-refractivity contribution in [2.75, 3.05) is 4.90 Å². The van der Waals surface area contributed by atoms with Crippen LogP contribution in [0.25, 0.3) is 32.3 Å². The summed E-state index contributed by atoms with van der Waals surface area (Å²) in [5, 5.41) is 7.07. The predicted octanol–water partition coefficient (Wildman–Crippen LogP) is 7.28. The van der Waals surface area contributed by atoms with E-state index in [2.05, 4.69) is 91.0 Å². The highest BCUT2D eigenvalue weighted by molar-refractivity contribution is 6.23. The molecule has 0 aliphatic carbocycles. The lowest BCUT2D eigenvalue weighted by atomic mass is 9.86. The molecule has 0 spiro atoms. The number of rotatable bonds is 3. The van der Waals surface area contributed by atoms with E-state index in [4.69, 9.17) is 0 Å². The molecule has 0 saturated carbocycles. The van der Waals surface area contributed by atoms with E-state index in [0.29, 0.717) is 0 Å².